The number of likely N-dealkylation sites (tertiary alicyclic amines) is 1. The molecule has 3 heteroatoms. The molecule has 2 rings (SSSR count). The van der Waals surface area contributed by atoms with Crippen LogP contribution in [0.15, 0.2) is 12.1 Å². The lowest BCUT2D eigenvalue weighted by atomic mass is 9.94. The van der Waals surface area contributed by atoms with E-state index in [1.807, 2.05) is 0 Å². The van der Waals surface area contributed by atoms with Gasteiger partial charge in [0.2, 0.25) is 0 Å². The van der Waals surface area contributed by atoms with Gasteiger partial charge < -0.3 is 10.5 Å². The van der Waals surface area contributed by atoms with Gasteiger partial charge in [0.05, 0.1) is 7.11 Å². The maximum absolute atomic E-state index is 6.05. The summed E-state index contributed by atoms with van der Waals surface area (Å²) in [4.78, 5) is 2.54. The minimum atomic E-state index is 0.352. The number of rotatable bonds is 4. The van der Waals surface area contributed by atoms with Crippen molar-refractivity contribution in [3.63, 3.8) is 0 Å². The first-order valence-electron chi connectivity index (χ1n) is 7.27. The molecule has 3 nitrogen and oxygen atoms in total. The van der Waals surface area contributed by atoms with Crippen LogP contribution in [0.5, 0.6) is 5.75 Å². The zero-order valence-corrected chi connectivity index (χ0v) is 12.4. The van der Waals surface area contributed by atoms with Crippen LogP contribution in [0.2, 0.25) is 0 Å². The predicted molar refractivity (Wildman–Crippen MR) is 79.7 cm³/mol. The summed E-state index contributed by atoms with van der Waals surface area (Å²) in [7, 11) is 1.73. The molecule has 1 heterocycles. The maximum Gasteiger partial charge on any atom is 0.122 e. The van der Waals surface area contributed by atoms with E-state index < -0.39 is 0 Å². The van der Waals surface area contributed by atoms with Gasteiger partial charge in [0.15, 0.2) is 0 Å². The molecule has 0 spiro atoms. The second-order valence-electron chi connectivity index (χ2n) is 5.46. The first-order valence-corrected chi connectivity index (χ1v) is 7.27. The predicted octanol–water partition coefficient (Wildman–Crippen LogP) is 2.80. The highest BCUT2D eigenvalue weighted by Gasteiger charge is 2.23. The maximum atomic E-state index is 6.05. The minimum absolute atomic E-state index is 0.352. The van der Waals surface area contributed by atoms with Crippen LogP contribution < -0.4 is 10.5 Å². The number of hydrogen-bond acceptors (Lipinski definition) is 3. The SMILES string of the molecule is COc1ccc(C(CN)N2CCCCC2)c(C)c1C. The van der Waals surface area contributed by atoms with Crippen molar-refractivity contribution in [2.75, 3.05) is 26.7 Å². The van der Waals surface area contributed by atoms with Crippen LogP contribution in [-0.2, 0) is 0 Å². The lowest BCUT2D eigenvalue weighted by Crippen LogP contribution is -2.37. The Hall–Kier alpha value is -1.06. The van der Waals surface area contributed by atoms with Gasteiger partial charge in [-0.2, -0.15) is 0 Å². The molecule has 1 aromatic carbocycles. The quantitative estimate of drug-likeness (QED) is 0.907. The van der Waals surface area contributed by atoms with Gasteiger partial charge in [-0.05, 0) is 62.5 Å². The first kappa shape index (κ1) is 14.4. The van der Waals surface area contributed by atoms with Crippen molar-refractivity contribution < 1.29 is 4.74 Å². The van der Waals surface area contributed by atoms with E-state index in [0.29, 0.717) is 12.6 Å². The molecule has 106 valence electrons. The van der Waals surface area contributed by atoms with Crippen molar-refractivity contribution in [3.05, 3.63) is 28.8 Å². The number of benzene rings is 1. The topological polar surface area (TPSA) is 38.5 Å². The highest BCUT2D eigenvalue weighted by atomic mass is 16.5. The fraction of sp³-hybridized carbons (Fsp3) is 0.625. The van der Waals surface area contributed by atoms with Gasteiger partial charge in [0.25, 0.3) is 0 Å². The molecule has 0 radical (unpaired) electrons. The van der Waals surface area contributed by atoms with Crippen molar-refractivity contribution in [1.29, 1.82) is 0 Å². The van der Waals surface area contributed by atoms with Crippen LogP contribution in [0.25, 0.3) is 0 Å². The first-order chi connectivity index (χ1) is 9.19. The Morgan fingerprint density at radius 1 is 1.16 bits per heavy atom. The Labute approximate surface area is 116 Å². The van der Waals surface area contributed by atoms with E-state index in [0.717, 1.165) is 5.75 Å². The van der Waals surface area contributed by atoms with E-state index in [2.05, 4.69) is 30.9 Å². The van der Waals surface area contributed by atoms with E-state index >= 15 is 0 Å². The average molecular weight is 262 g/mol. The summed E-state index contributed by atoms with van der Waals surface area (Å²) >= 11 is 0. The summed E-state index contributed by atoms with van der Waals surface area (Å²) in [6.07, 6.45) is 3.95. The summed E-state index contributed by atoms with van der Waals surface area (Å²) in [6, 6.07) is 4.61. The van der Waals surface area contributed by atoms with E-state index in [9.17, 15) is 0 Å². The Morgan fingerprint density at radius 2 is 1.84 bits per heavy atom. The van der Waals surface area contributed by atoms with Crippen LogP contribution in [0.3, 0.4) is 0 Å². The fourth-order valence-electron chi connectivity index (χ4n) is 3.10. The number of ether oxygens (including phenoxy) is 1. The van der Waals surface area contributed by atoms with Crippen LogP contribution in [0.1, 0.15) is 42.0 Å². The Bertz CT molecular complexity index is 425. The normalized spacial score (nSPS) is 18.3. The van der Waals surface area contributed by atoms with Gasteiger partial charge >= 0.3 is 0 Å². The minimum Gasteiger partial charge on any atom is -0.496 e. The standard InChI is InChI=1S/C16H26N2O/c1-12-13(2)16(19-3)8-7-14(12)15(11-17)18-9-5-4-6-10-18/h7-8,15H,4-6,9-11,17H2,1-3H3. The molecular formula is C16H26N2O. The van der Waals surface area contributed by atoms with Crippen molar-refractivity contribution in [3.8, 4) is 5.75 Å². The van der Waals surface area contributed by atoms with Crippen molar-refractivity contribution in [2.45, 2.75) is 39.2 Å². The number of methoxy groups -OCH3 is 1. The van der Waals surface area contributed by atoms with Crippen LogP contribution in [0.4, 0.5) is 0 Å². The molecule has 0 saturated carbocycles. The molecule has 1 saturated heterocycles. The monoisotopic (exact) mass is 262 g/mol. The largest absolute Gasteiger partial charge is 0.496 e. The summed E-state index contributed by atoms with van der Waals surface area (Å²) < 4.78 is 5.39. The molecule has 1 atom stereocenters. The molecule has 1 unspecified atom stereocenters. The van der Waals surface area contributed by atoms with Crippen LogP contribution in [0, 0.1) is 13.8 Å². The van der Waals surface area contributed by atoms with Crippen molar-refractivity contribution in [1.82, 2.24) is 4.90 Å². The second kappa shape index (κ2) is 6.40. The van der Waals surface area contributed by atoms with E-state index in [1.54, 1.807) is 7.11 Å². The van der Waals surface area contributed by atoms with Gasteiger partial charge in [0, 0.05) is 12.6 Å². The molecule has 0 aliphatic carbocycles. The summed E-state index contributed by atoms with van der Waals surface area (Å²) in [6.45, 7) is 7.34. The lowest BCUT2D eigenvalue weighted by molar-refractivity contribution is 0.167. The summed E-state index contributed by atoms with van der Waals surface area (Å²) in [5.41, 5.74) is 9.97. The smallest absolute Gasteiger partial charge is 0.122 e. The lowest BCUT2D eigenvalue weighted by Gasteiger charge is -2.35. The highest BCUT2D eigenvalue weighted by Crippen LogP contribution is 2.31. The zero-order chi connectivity index (χ0) is 13.8. The zero-order valence-electron chi connectivity index (χ0n) is 12.4. The molecule has 0 amide bonds. The molecule has 19 heavy (non-hydrogen) atoms. The molecular weight excluding hydrogens is 236 g/mol. The molecule has 1 aliphatic heterocycles. The van der Waals surface area contributed by atoms with Crippen molar-refractivity contribution >= 4 is 0 Å². The fourth-order valence-corrected chi connectivity index (χ4v) is 3.10. The molecule has 0 bridgehead atoms. The number of nitrogens with zero attached hydrogens (tertiary/aromatic N) is 1. The Balaban J connectivity index is 2.30. The van der Waals surface area contributed by atoms with Crippen LogP contribution >= 0.6 is 0 Å². The second-order valence-corrected chi connectivity index (χ2v) is 5.46. The molecule has 0 aromatic heterocycles. The molecule has 1 fully saturated rings. The number of nitrogens with two attached hydrogens (primary N) is 1. The van der Waals surface area contributed by atoms with Gasteiger partial charge in [0.1, 0.15) is 5.75 Å². The van der Waals surface area contributed by atoms with Gasteiger partial charge in [-0.3, -0.25) is 4.90 Å². The third-order valence-corrected chi connectivity index (χ3v) is 4.41. The average Bonchev–Trinajstić information content (AvgIpc) is 2.45. The summed E-state index contributed by atoms with van der Waals surface area (Å²) in [5.74, 6) is 0.968. The molecule has 2 N–H and O–H groups in total. The third-order valence-electron chi connectivity index (χ3n) is 4.41. The highest BCUT2D eigenvalue weighted by molar-refractivity contribution is 5.45. The number of piperidine rings is 1. The molecule has 1 aliphatic rings. The Morgan fingerprint density at radius 3 is 2.42 bits per heavy atom. The third kappa shape index (κ3) is 2.93. The summed E-state index contributed by atoms with van der Waals surface area (Å²) in [5, 5.41) is 0. The van der Waals surface area contributed by atoms with Gasteiger partial charge in [-0.15, -0.1) is 0 Å². The van der Waals surface area contributed by atoms with Gasteiger partial charge in [-0.1, -0.05) is 12.5 Å². The van der Waals surface area contributed by atoms with Crippen LogP contribution in [-0.4, -0.2) is 31.6 Å². The number of hydrogen-bond donors (Lipinski definition) is 1. The van der Waals surface area contributed by atoms with E-state index in [4.69, 9.17) is 10.5 Å². The van der Waals surface area contributed by atoms with E-state index in [-0.39, 0.29) is 0 Å². The van der Waals surface area contributed by atoms with E-state index in [1.165, 1.54) is 49.0 Å². The Kier molecular flexibility index (Phi) is 4.83. The molecule has 1 aromatic rings. The van der Waals surface area contributed by atoms with Crippen molar-refractivity contribution in [2.24, 2.45) is 5.73 Å². The van der Waals surface area contributed by atoms with Gasteiger partial charge in [-0.25, -0.2) is 0 Å².